The highest BCUT2D eigenvalue weighted by Gasteiger charge is 2.15. The summed E-state index contributed by atoms with van der Waals surface area (Å²) in [5, 5.41) is 10.2. The first-order valence-electron chi connectivity index (χ1n) is 6.93. The molecule has 0 spiro atoms. The van der Waals surface area contributed by atoms with Crippen molar-refractivity contribution in [3.8, 4) is 17.0 Å². The van der Waals surface area contributed by atoms with Gasteiger partial charge in [0.25, 0.3) is 5.91 Å². The number of carbonyl (C=O) groups is 1. The molecule has 0 saturated heterocycles. The smallest absolute Gasteiger partial charge is 0.271 e. The first-order chi connectivity index (χ1) is 9.99. The Morgan fingerprint density at radius 3 is 2.76 bits per heavy atom. The van der Waals surface area contributed by atoms with E-state index >= 15 is 0 Å². The molecule has 1 amide bonds. The molecule has 2 rings (SSSR count). The third kappa shape index (κ3) is 3.59. The van der Waals surface area contributed by atoms with E-state index in [0.717, 1.165) is 23.3 Å². The third-order valence-electron chi connectivity index (χ3n) is 3.18. The zero-order chi connectivity index (χ0) is 15.4. The molecule has 0 unspecified atom stereocenters. The van der Waals surface area contributed by atoms with Crippen LogP contribution < -0.4 is 10.5 Å². The summed E-state index contributed by atoms with van der Waals surface area (Å²) in [6.07, 6.45) is 1.01. The number of hydrogen-bond acceptors (Lipinski definition) is 4. The van der Waals surface area contributed by atoms with Gasteiger partial charge in [0.2, 0.25) is 0 Å². The van der Waals surface area contributed by atoms with Crippen molar-refractivity contribution in [3.63, 3.8) is 0 Å². The van der Waals surface area contributed by atoms with Crippen LogP contribution in [0.2, 0.25) is 0 Å². The zero-order valence-corrected chi connectivity index (χ0v) is 12.5. The SMILES string of the molecule is Cc1cc(-c2n[nH]nc2C(N)=O)ccc1OCCC(C)C. The van der Waals surface area contributed by atoms with E-state index in [0.29, 0.717) is 18.2 Å². The molecule has 0 radical (unpaired) electrons. The maximum Gasteiger partial charge on any atom is 0.271 e. The lowest BCUT2D eigenvalue weighted by molar-refractivity contribution is 0.0996. The minimum atomic E-state index is -0.603. The van der Waals surface area contributed by atoms with E-state index in [1.165, 1.54) is 0 Å². The summed E-state index contributed by atoms with van der Waals surface area (Å²) in [6, 6.07) is 5.64. The molecule has 6 nitrogen and oxygen atoms in total. The minimum absolute atomic E-state index is 0.142. The van der Waals surface area contributed by atoms with Gasteiger partial charge in [-0.15, -0.1) is 0 Å². The summed E-state index contributed by atoms with van der Waals surface area (Å²) in [7, 11) is 0. The van der Waals surface area contributed by atoms with Crippen LogP contribution in [0, 0.1) is 12.8 Å². The number of benzene rings is 1. The Labute approximate surface area is 123 Å². The van der Waals surface area contributed by atoms with E-state index in [1.807, 2.05) is 25.1 Å². The number of amides is 1. The van der Waals surface area contributed by atoms with Gasteiger partial charge in [0.1, 0.15) is 11.4 Å². The second-order valence-corrected chi connectivity index (χ2v) is 5.40. The topological polar surface area (TPSA) is 93.9 Å². The molecule has 21 heavy (non-hydrogen) atoms. The highest BCUT2D eigenvalue weighted by atomic mass is 16.5. The Kier molecular flexibility index (Phi) is 4.57. The van der Waals surface area contributed by atoms with E-state index in [4.69, 9.17) is 10.5 Å². The monoisotopic (exact) mass is 288 g/mol. The molecule has 0 saturated carbocycles. The van der Waals surface area contributed by atoms with Gasteiger partial charge < -0.3 is 10.5 Å². The number of primary amides is 1. The maximum absolute atomic E-state index is 11.3. The maximum atomic E-state index is 11.3. The average molecular weight is 288 g/mol. The molecule has 2 aromatic rings. The first kappa shape index (κ1) is 15.0. The summed E-state index contributed by atoms with van der Waals surface area (Å²) in [6.45, 7) is 6.97. The Morgan fingerprint density at radius 2 is 2.14 bits per heavy atom. The van der Waals surface area contributed by atoms with Crippen LogP contribution in [0.15, 0.2) is 18.2 Å². The van der Waals surface area contributed by atoms with Crippen molar-refractivity contribution >= 4 is 5.91 Å². The van der Waals surface area contributed by atoms with Gasteiger partial charge in [0, 0.05) is 5.56 Å². The van der Waals surface area contributed by atoms with Crippen LogP contribution in [-0.4, -0.2) is 27.9 Å². The van der Waals surface area contributed by atoms with Gasteiger partial charge >= 0.3 is 0 Å². The van der Waals surface area contributed by atoms with Crippen molar-refractivity contribution < 1.29 is 9.53 Å². The molecule has 3 N–H and O–H groups in total. The Morgan fingerprint density at radius 1 is 1.38 bits per heavy atom. The van der Waals surface area contributed by atoms with E-state index in [9.17, 15) is 4.79 Å². The van der Waals surface area contributed by atoms with Gasteiger partial charge in [-0.25, -0.2) is 0 Å². The lowest BCUT2D eigenvalue weighted by Gasteiger charge is -2.11. The predicted octanol–water partition coefficient (Wildman–Crippen LogP) is 2.30. The van der Waals surface area contributed by atoms with Crippen LogP contribution in [-0.2, 0) is 0 Å². The zero-order valence-electron chi connectivity index (χ0n) is 12.5. The molecular weight excluding hydrogens is 268 g/mol. The largest absolute Gasteiger partial charge is 0.493 e. The van der Waals surface area contributed by atoms with Crippen molar-refractivity contribution in [2.45, 2.75) is 27.2 Å². The Hall–Kier alpha value is -2.37. The third-order valence-corrected chi connectivity index (χ3v) is 3.18. The average Bonchev–Trinajstić information content (AvgIpc) is 2.89. The van der Waals surface area contributed by atoms with Crippen LogP contribution in [0.4, 0.5) is 0 Å². The van der Waals surface area contributed by atoms with Crippen molar-refractivity contribution in [2.24, 2.45) is 11.7 Å². The van der Waals surface area contributed by atoms with E-state index in [-0.39, 0.29) is 5.69 Å². The lowest BCUT2D eigenvalue weighted by atomic mass is 10.1. The molecular formula is C15H20N4O2. The molecule has 0 aliphatic rings. The number of aromatic nitrogens is 3. The number of rotatable bonds is 6. The molecule has 0 atom stereocenters. The molecule has 1 aromatic carbocycles. The quantitative estimate of drug-likeness (QED) is 0.852. The van der Waals surface area contributed by atoms with Gasteiger partial charge in [-0.2, -0.15) is 15.4 Å². The fourth-order valence-electron chi connectivity index (χ4n) is 1.97. The first-order valence-corrected chi connectivity index (χ1v) is 6.93. The highest BCUT2D eigenvalue weighted by Crippen LogP contribution is 2.26. The molecule has 0 aliphatic carbocycles. The Bertz CT molecular complexity index is 634. The summed E-state index contributed by atoms with van der Waals surface area (Å²) in [4.78, 5) is 11.3. The van der Waals surface area contributed by atoms with Crippen LogP contribution in [0.25, 0.3) is 11.3 Å². The Balaban J connectivity index is 2.19. The number of nitrogens with one attached hydrogen (secondary N) is 1. The van der Waals surface area contributed by atoms with E-state index < -0.39 is 5.91 Å². The molecule has 0 aliphatic heterocycles. The predicted molar refractivity (Wildman–Crippen MR) is 80.0 cm³/mol. The van der Waals surface area contributed by atoms with Crippen LogP contribution in [0.5, 0.6) is 5.75 Å². The van der Waals surface area contributed by atoms with E-state index in [1.54, 1.807) is 0 Å². The minimum Gasteiger partial charge on any atom is -0.493 e. The van der Waals surface area contributed by atoms with Crippen LogP contribution in [0.3, 0.4) is 0 Å². The molecule has 1 heterocycles. The van der Waals surface area contributed by atoms with Gasteiger partial charge in [-0.3, -0.25) is 4.79 Å². The molecule has 6 heteroatoms. The number of ether oxygens (including phenoxy) is 1. The van der Waals surface area contributed by atoms with E-state index in [2.05, 4.69) is 29.3 Å². The summed E-state index contributed by atoms with van der Waals surface area (Å²) in [5.41, 5.74) is 7.64. The summed E-state index contributed by atoms with van der Waals surface area (Å²) >= 11 is 0. The number of H-pyrrole nitrogens is 1. The number of nitrogens with zero attached hydrogens (tertiary/aromatic N) is 2. The fraction of sp³-hybridized carbons (Fsp3) is 0.400. The second-order valence-electron chi connectivity index (χ2n) is 5.40. The van der Waals surface area contributed by atoms with Gasteiger partial charge in [-0.05, 0) is 43.0 Å². The molecule has 0 bridgehead atoms. The normalized spacial score (nSPS) is 10.9. The van der Waals surface area contributed by atoms with Crippen molar-refractivity contribution in [3.05, 3.63) is 29.5 Å². The van der Waals surface area contributed by atoms with Crippen molar-refractivity contribution in [1.29, 1.82) is 0 Å². The van der Waals surface area contributed by atoms with Crippen LogP contribution >= 0.6 is 0 Å². The molecule has 112 valence electrons. The second kappa shape index (κ2) is 6.39. The summed E-state index contributed by atoms with van der Waals surface area (Å²) in [5.74, 6) is 0.843. The standard InChI is InChI=1S/C15H20N4O2/c1-9(2)6-7-21-12-5-4-11(8-10(12)3)13-14(15(16)20)18-19-17-13/h4-5,8-9H,6-7H2,1-3H3,(H2,16,20)(H,17,18,19). The highest BCUT2D eigenvalue weighted by molar-refractivity contribution is 5.96. The lowest BCUT2D eigenvalue weighted by Crippen LogP contribution is -2.12. The van der Waals surface area contributed by atoms with Crippen molar-refractivity contribution in [1.82, 2.24) is 15.4 Å². The van der Waals surface area contributed by atoms with Gasteiger partial charge in [-0.1, -0.05) is 13.8 Å². The van der Waals surface area contributed by atoms with Gasteiger partial charge in [0.05, 0.1) is 6.61 Å². The number of hydrogen-bond donors (Lipinski definition) is 2. The molecule has 0 fully saturated rings. The fourth-order valence-corrected chi connectivity index (χ4v) is 1.97. The number of aryl methyl sites for hydroxylation is 1. The summed E-state index contributed by atoms with van der Waals surface area (Å²) < 4.78 is 5.76. The van der Waals surface area contributed by atoms with Crippen LogP contribution in [0.1, 0.15) is 36.3 Å². The number of nitrogens with two attached hydrogens (primary N) is 1. The number of aromatic amines is 1. The van der Waals surface area contributed by atoms with Gasteiger partial charge in [0.15, 0.2) is 5.69 Å². The number of carbonyl (C=O) groups excluding carboxylic acids is 1. The van der Waals surface area contributed by atoms with Crippen molar-refractivity contribution in [2.75, 3.05) is 6.61 Å². The molecule has 1 aromatic heterocycles.